The number of nitrogens with zero attached hydrogens (tertiary/aromatic N) is 9. The standard InChI is InChI=1S/C42H58N4O5S.C41H55N3O6S.C36H47N3O5S/c1-4-35(47)28-52(49)24-7-5-6-10-39(50-23-22-45-20-18-44(3)19-21-45)36-14-12-34(36)27-46-29-42(17-8-9-32-25-31(2)11-15-37(32)42)30-51-40-16-13-33(26-38(40)46)41(48)43-52;1-3-34(45)27-51(47)23-6-4-5-9-38(49-22-19-43-17-20-48-21-18-43)35-13-11-33(35)26-44-28-41(16-7-8-31-24-30(2)10-14-36(31)41)29-50-39-15-12-32(25-37(39)44)40(46)42-51;1-4-34(40)37-45(42)19-8-6-5-7-11-32(43-3)29-15-13-28(29)22-39-23-36(18-9-10-26-20-25(2)12-16-30(26)36)24-44-33-17-14-27(21-31(33)39)35(41)38-45/h6,10-11,13,15-16,25-26,34,36,39H,4-5,7-9,12,14,17-24,27-30H2,1-3H3;5,9-10,12,14-15,24-25,33,35,38H,3-4,6-8,11,13,16-23,26-29H2,1-2H3;7,11-12,14,16-17,20-21,28-29,32H,4-6,8-10,13,15,18-19,22-24H2,1-3H3,(H,37,38,40,41,42)/b10-6+;9-5+;11-7+/t34-,36+,39-,42-,52+;33-,35+,38-,41-,51+;28-,29+,32-,36-,45?/m000/s1. The Labute approximate surface area is 880 Å². The van der Waals surface area contributed by atoms with Gasteiger partial charge in [-0.1, -0.05) is 129 Å². The fraction of sp³-hybridized carbons (Fsp3) is 0.597. The molecule has 8 heterocycles. The minimum atomic E-state index is -3.28. The van der Waals surface area contributed by atoms with Crippen molar-refractivity contribution in [2.24, 2.45) is 48.6 Å². The molecule has 14 aliphatic rings. The van der Waals surface area contributed by atoms with Crippen LogP contribution in [0.25, 0.3) is 0 Å². The van der Waals surface area contributed by atoms with Gasteiger partial charge in [-0.05, 0) is 293 Å². The topological polar surface area (TPSA) is 287 Å². The van der Waals surface area contributed by atoms with Crippen molar-refractivity contribution in [1.29, 1.82) is 0 Å². The molecule has 1 N–H and O–H groups in total. The average molecular weight is 2080 g/mol. The number of ketones is 2. The summed E-state index contributed by atoms with van der Waals surface area (Å²) in [5, 5.41) is 0. The Morgan fingerprint density at radius 1 is 0.439 bits per heavy atom. The number of rotatable bonds is 17. The summed E-state index contributed by atoms with van der Waals surface area (Å²) >= 11 is 0. The Bertz CT molecular complexity index is 6300. The number of likely N-dealkylation sites (N-methyl/N-ethyl adjacent to an activating group) is 1. The third-order valence-electron chi connectivity index (χ3n) is 34.5. The van der Waals surface area contributed by atoms with E-state index in [1.165, 1.54) is 50.1 Å². The number of morpholine rings is 1. The van der Waals surface area contributed by atoms with Crippen LogP contribution >= 0.6 is 0 Å². The molecule has 15 atom stereocenters. The third kappa shape index (κ3) is 25.9. The molecule has 4 amide bonds. The number of hydrogen-bond donors (Lipinski definition) is 1. The predicted molar refractivity (Wildman–Crippen MR) is 588 cm³/mol. The molecular weight excluding hydrogens is 1920 g/mol. The lowest BCUT2D eigenvalue weighted by Gasteiger charge is -2.46. The summed E-state index contributed by atoms with van der Waals surface area (Å²) in [6.45, 7) is 29.2. The molecule has 800 valence electrons. The Hall–Kier alpha value is -9.27. The fourth-order valence-electron chi connectivity index (χ4n) is 25.5. The number of carbonyl (C=O) groups excluding carboxylic acids is 6. The Morgan fingerprint density at radius 2 is 0.824 bits per heavy atom. The van der Waals surface area contributed by atoms with E-state index in [1.54, 1.807) is 46.1 Å². The van der Waals surface area contributed by atoms with E-state index in [2.05, 4.69) is 166 Å². The molecule has 5 fully saturated rings. The summed E-state index contributed by atoms with van der Waals surface area (Å²) in [6.07, 6.45) is 34.9. The number of piperazine rings is 1. The molecule has 26 nitrogen and oxygen atoms in total. The van der Waals surface area contributed by atoms with E-state index >= 15 is 0 Å². The molecule has 6 aromatic rings. The Kier molecular flexibility index (Phi) is 35.8. The lowest BCUT2D eigenvalue weighted by Crippen LogP contribution is -2.50. The van der Waals surface area contributed by atoms with Crippen LogP contribution in [0.1, 0.15) is 243 Å². The lowest BCUT2D eigenvalue weighted by atomic mass is 9.68. The van der Waals surface area contributed by atoms with Gasteiger partial charge in [0.2, 0.25) is 5.91 Å². The zero-order valence-corrected chi connectivity index (χ0v) is 91.3. The van der Waals surface area contributed by atoms with Crippen molar-refractivity contribution in [2.75, 3.05) is 195 Å². The van der Waals surface area contributed by atoms with Crippen molar-refractivity contribution in [1.82, 2.24) is 19.4 Å². The third-order valence-corrected chi connectivity index (χ3v) is 40.7. The van der Waals surface area contributed by atoms with Gasteiger partial charge in [0.05, 0.1) is 118 Å². The highest BCUT2D eigenvalue weighted by atomic mass is 32.2. The second kappa shape index (κ2) is 48.8. The monoisotopic (exact) mass is 2080 g/mol. The van der Waals surface area contributed by atoms with Crippen molar-refractivity contribution in [3.8, 4) is 17.2 Å². The van der Waals surface area contributed by atoms with Crippen LogP contribution in [0.5, 0.6) is 17.2 Å². The number of Topliss-reactive ketones (excluding diaryl/α,β-unsaturated/α-hetero) is 2. The van der Waals surface area contributed by atoms with Crippen LogP contribution in [0.4, 0.5) is 17.1 Å². The number of hydrogen-bond acceptors (Lipinski definition) is 22. The Morgan fingerprint density at radius 3 is 1.21 bits per heavy atom. The first-order chi connectivity index (χ1) is 71.6. The van der Waals surface area contributed by atoms with Gasteiger partial charge >= 0.3 is 0 Å². The van der Waals surface area contributed by atoms with Crippen molar-refractivity contribution in [2.45, 2.75) is 237 Å². The maximum atomic E-state index is 14.2. The zero-order valence-electron chi connectivity index (χ0n) is 88.9. The number of allylic oxidation sites excluding steroid dienone is 3. The molecule has 6 aliphatic carbocycles. The van der Waals surface area contributed by atoms with Crippen LogP contribution in [0.2, 0.25) is 0 Å². The van der Waals surface area contributed by atoms with E-state index in [-0.39, 0.29) is 100 Å². The first-order valence-electron chi connectivity index (χ1n) is 55.6. The van der Waals surface area contributed by atoms with Gasteiger partial charge in [-0.2, -0.15) is 8.73 Å². The highest BCUT2D eigenvalue weighted by Crippen LogP contribution is 2.53. The molecular formula is C119H160N10O16S3. The summed E-state index contributed by atoms with van der Waals surface area (Å²) in [6, 6.07) is 37.2. The number of carbonyl (C=O) groups is 6. The molecule has 8 aliphatic heterocycles. The van der Waals surface area contributed by atoms with Gasteiger partial charge in [-0.3, -0.25) is 43.3 Å². The van der Waals surface area contributed by atoms with Gasteiger partial charge < -0.3 is 52.8 Å². The fourth-order valence-corrected chi connectivity index (χ4v) is 31.3. The number of nitrogens with one attached hydrogen (secondary N) is 1. The number of aryl methyl sites for hydroxylation is 6. The van der Waals surface area contributed by atoms with Gasteiger partial charge in [0.15, 0.2) is 0 Å². The highest BCUT2D eigenvalue weighted by molar-refractivity contribution is 7.95. The summed E-state index contributed by atoms with van der Waals surface area (Å²) in [7, 11) is -5.44. The number of benzene rings is 6. The number of amides is 4. The molecule has 3 spiro atoms. The van der Waals surface area contributed by atoms with Crippen LogP contribution < -0.4 is 33.6 Å². The number of fused-ring (bicyclic) bond motifs is 12. The zero-order chi connectivity index (χ0) is 103. The maximum Gasteiger partial charge on any atom is 0.286 e. The van der Waals surface area contributed by atoms with Gasteiger partial charge in [0.25, 0.3) is 17.7 Å². The highest BCUT2D eigenvalue weighted by Gasteiger charge is 2.50. The summed E-state index contributed by atoms with van der Waals surface area (Å²) in [5.74, 6) is 2.59. The van der Waals surface area contributed by atoms with E-state index in [9.17, 15) is 41.4 Å². The molecule has 1 unspecified atom stereocenters. The number of anilines is 3. The molecule has 0 radical (unpaired) electrons. The van der Waals surface area contributed by atoms with Gasteiger partial charge in [-0.15, -0.1) is 4.36 Å². The lowest BCUT2D eigenvalue weighted by molar-refractivity contribution is -0.119. The van der Waals surface area contributed by atoms with Crippen LogP contribution in [0, 0.1) is 56.3 Å². The van der Waals surface area contributed by atoms with E-state index in [1.807, 2.05) is 36.4 Å². The van der Waals surface area contributed by atoms with Crippen LogP contribution in [-0.2, 0) is 98.2 Å². The first-order valence-corrected chi connectivity index (χ1v) is 61.0. The van der Waals surface area contributed by atoms with E-state index in [0.717, 1.165) is 248 Å². The van der Waals surface area contributed by atoms with Gasteiger partial charge in [-0.25, -0.2) is 12.6 Å². The Balaban J connectivity index is 0.000000146. The molecule has 3 saturated carbocycles. The molecule has 6 aromatic carbocycles. The largest absolute Gasteiger partial charge is 0.490 e. The van der Waals surface area contributed by atoms with E-state index < -0.39 is 47.1 Å². The number of methoxy groups -OCH3 is 1. The van der Waals surface area contributed by atoms with Crippen molar-refractivity contribution < 1.29 is 74.6 Å². The molecule has 148 heavy (non-hydrogen) atoms. The quantitative estimate of drug-likeness (QED) is 0.0830. The van der Waals surface area contributed by atoms with E-state index in [0.29, 0.717) is 117 Å². The van der Waals surface area contributed by atoms with Crippen LogP contribution in [-0.4, -0.2) is 262 Å². The summed E-state index contributed by atoms with van der Waals surface area (Å²) in [5.41, 5.74) is 15.5. The first kappa shape index (κ1) is 109. The minimum Gasteiger partial charge on any atom is -0.490 e. The second-order valence-corrected chi connectivity index (χ2v) is 51.8. The van der Waals surface area contributed by atoms with Gasteiger partial charge in [0.1, 0.15) is 38.7 Å². The molecule has 6 bridgehead atoms. The van der Waals surface area contributed by atoms with Crippen molar-refractivity contribution in [3.63, 3.8) is 0 Å². The van der Waals surface area contributed by atoms with Gasteiger partial charge in [0, 0.05) is 162 Å². The summed E-state index contributed by atoms with van der Waals surface area (Å²) in [4.78, 5) is 93.4. The molecule has 0 aromatic heterocycles. The normalized spacial score (nSPS) is 30.7. The SMILES string of the molecule is CCC(=O)C[S@@]1(=O)=NC(=O)c2ccc3c(c2)N(C[C@@H]2CC[C@H]2[C@@H](OCCN2CCN(C)CC2)/C=C/CCC1)C[C@@]1(CCCc2cc(C)ccc21)CO3.CCC(=O)C[S@@]1(=O)=NC(=O)c2ccc3c(c2)N(C[C@@H]2CC[C@H]2[C@@H](OCCN2CCOCC2)/C=C/CCC1)C[C@@]1(CCCc2cc(C)ccc21)CO3.CCC(=O)NS1(=O)=NC(=O)c2ccc3c(c2)N(C[C@@H]2CC[C@H]2[C@@H](OC)/C=C/CCCC1)C[C@@]1(CCCc2cc(C)ccc21)CO3. The predicted octanol–water partition coefficient (Wildman–Crippen LogP) is 18.5. The van der Waals surface area contributed by atoms with Crippen LogP contribution in [0.15, 0.2) is 159 Å². The molecule has 2 saturated heterocycles. The van der Waals surface area contributed by atoms with Crippen LogP contribution in [0.3, 0.4) is 0 Å². The maximum absolute atomic E-state index is 14.2. The number of ether oxygens (including phenoxy) is 7. The summed E-state index contributed by atoms with van der Waals surface area (Å²) < 4.78 is 103. The molecule has 20 rings (SSSR count). The van der Waals surface area contributed by atoms with E-state index in [4.69, 9.17) is 33.2 Å². The second-order valence-electron chi connectivity index (χ2n) is 44.9. The van der Waals surface area contributed by atoms with Crippen molar-refractivity contribution >= 4 is 81.6 Å². The smallest absolute Gasteiger partial charge is 0.286 e. The minimum absolute atomic E-state index is 0.00205. The molecule has 29 heteroatoms. The average Bonchev–Trinajstić information content (AvgIpc) is 1.57. The van der Waals surface area contributed by atoms with Crippen molar-refractivity contribution in [3.05, 3.63) is 212 Å².